The van der Waals surface area contributed by atoms with E-state index in [2.05, 4.69) is 16.0 Å². The minimum absolute atomic E-state index is 0.0128. The number of hydrogen-bond acceptors (Lipinski definition) is 7. The van der Waals surface area contributed by atoms with Crippen molar-refractivity contribution in [3.63, 3.8) is 0 Å². The molecule has 13 heteroatoms. The number of amides is 5. The average Bonchev–Trinajstić information content (AvgIpc) is 2.83. The fourth-order valence-corrected chi connectivity index (χ4v) is 3.56. The molecular weight excluding hydrogens is 496 g/mol. The summed E-state index contributed by atoms with van der Waals surface area (Å²) in [5.41, 5.74) is 16.8. The molecule has 0 saturated heterocycles. The Balaban J connectivity index is 3.08. The van der Waals surface area contributed by atoms with Crippen LogP contribution in [-0.4, -0.2) is 64.8 Å². The summed E-state index contributed by atoms with van der Waals surface area (Å²) in [6, 6.07) is 4.09. The number of aliphatic carboxylic acids is 1. The van der Waals surface area contributed by atoms with Crippen LogP contribution in [0.5, 0.6) is 0 Å². The number of carboxylic acid groups (broad SMARTS) is 1. The highest BCUT2D eigenvalue weighted by Crippen LogP contribution is 2.10. The molecule has 0 aliphatic rings. The Morgan fingerprint density at radius 2 is 1.26 bits per heavy atom. The molecule has 1 rings (SSSR count). The summed E-state index contributed by atoms with van der Waals surface area (Å²) in [7, 11) is 0. The summed E-state index contributed by atoms with van der Waals surface area (Å²) >= 11 is 0. The first-order valence-electron chi connectivity index (χ1n) is 12.3. The van der Waals surface area contributed by atoms with Crippen molar-refractivity contribution in [1.29, 1.82) is 0 Å². The molecule has 4 unspecified atom stereocenters. The molecule has 0 bridgehead atoms. The predicted octanol–water partition coefficient (Wildman–Crippen LogP) is -1.33. The number of rotatable bonds is 17. The summed E-state index contributed by atoms with van der Waals surface area (Å²) in [6.07, 6.45) is -0.339. The van der Waals surface area contributed by atoms with Gasteiger partial charge in [-0.1, -0.05) is 44.2 Å². The van der Waals surface area contributed by atoms with Crippen molar-refractivity contribution in [2.24, 2.45) is 23.1 Å². The lowest BCUT2D eigenvalue weighted by Gasteiger charge is -2.26. The summed E-state index contributed by atoms with van der Waals surface area (Å²) in [5.74, 6) is -4.88. The minimum atomic E-state index is -1.38. The van der Waals surface area contributed by atoms with Crippen LogP contribution in [0.1, 0.15) is 51.5 Å². The van der Waals surface area contributed by atoms with E-state index in [1.165, 1.54) is 0 Å². The molecule has 0 saturated carbocycles. The van der Waals surface area contributed by atoms with Gasteiger partial charge in [-0.15, -0.1) is 0 Å². The van der Waals surface area contributed by atoms with Gasteiger partial charge in [-0.05, 0) is 30.7 Å². The van der Waals surface area contributed by atoms with Crippen molar-refractivity contribution in [1.82, 2.24) is 16.0 Å². The predicted molar refractivity (Wildman–Crippen MR) is 138 cm³/mol. The van der Waals surface area contributed by atoms with Gasteiger partial charge in [-0.3, -0.25) is 24.0 Å². The molecular formula is C25H38N6O7. The first-order chi connectivity index (χ1) is 17.8. The van der Waals surface area contributed by atoms with E-state index >= 15 is 0 Å². The fourth-order valence-electron chi connectivity index (χ4n) is 3.56. The van der Waals surface area contributed by atoms with E-state index in [0.29, 0.717) is 0 Å². The van der Waals surface area contributed by atoms with Gasteiger partial charge in [0.1, 0.15) is 18.1 Å². The monoisotopic (exact) mass is 534 g/mol. The van der Waals surface area contributed by atoms with Crippen LogP contribution in [-0.2, 0) is 35.2 Å². The quantitative estimate of drug-likeness (QED) is 0.126. The van der Waals surface area contributed by atoms with Crippen LogP contribution in [0.4, 0.5) is 0 Å². The van der Waals surface area contributed by atoms with Crippen molar-refractivity contribution in [3.8, 4) is 0 Å². The molecule has 0 spiro atoms. The third-order valence-electron chi connectivity index (χ3n) is 5.59. The normalized spacial score (nSPS) is 14.0. The maximum absolute atomic E-state index is 13.3. The lowest BCUT2D eigenvalue weighted by Crippen LogP contribution is -2.58. The lowest BCUT2D eigenvalue weighted by atomic mass is 10.00. The van der Waals surface area contributed by atoms with Gasteiger partial charge in [0.05, 0.1) is 6.04 Å². The molecule has 210 valence electrons. The fraction of sp³-hybridized carbons (Fsp3) is 0.520. The van der Waals surface area contributed by atoms with Crippen molar-refractivity contribution in [2.45, 2.75) is 76.5 Å². The van der Waals surface area contributed by atoms with Gasteiger partial charge < -0.3 is 38.3 Å². The topological polar surface area (TPSA) is 237 Å². The zero-order chi connectivity index (χ0) is 28.8. The van der Waals surface area contributed by atoms with E-state index in [4.69, 9.17) is 17.2 Å². The second-order valence-corrected chi connectivity index (χ2v) is 9.46. The standard InChI is InChI=1S/C25H38N6O7/c1-14(2)12-18(23(35)29-17(25(37)38)9-11-21(28)33)31-24(36)19(13-15-6-4-3-5-7-15)30-22(34)16(26)8-10-20(27)32/h3-7,14,16-19H,8-13,26H2,1-2H3,(H2,27,32)(H2,28,33)(H,29,35)(H,30,34)(H,31,36)(H,37,38). The van der Waals surface area contributed by atoms with Crippen LogP contribution < -0.4 is 33.2 Å². The van der Waals surface area contributed by atoms with Crippen LogP contribution in [0.2, 0.25) is 0 Å². The molecule has 5 amide bonds. The van der Waals surface area contributed by atoms with Gasteiger partial charge in [-0.25, -0.2) is 4.79 Å². The molecule has 0 fully saturated rings. The van der Waals surface area contributed by atoms with Crippen molar-refractivity contribution in [3.05, 3.63) is 35.9 Å². The summed E-state index contributed by atoms with van der Waals surface area (Å²) < 4.78 is 0. The maximum Gasteiger partial charge on any atom is 0.326 e. The highest BCUT2D eigenvalue weighted by atomic mass is 16.4. The summed E-state index contributed by atoms with van der Waals surface area (Å²) in [5, 5.41) is 16.9. The van der Waals surface area contributed by atoms with Gasteiger partial charge in [0.15, 0.2) is 0 Å². The Morgan fingerprint density at radius 1 is 0.763 bits per heavy atom. The number of nitrogens with two attached hydrogens (primary N) is 3. The van der Waals surface area contributed by atoms with E-state index in [1.807, 2.05) is 13.8 Å². The molecule has 38 heavy (non-hydrogen) atoms. The van der Waals surface area contributed by atoms with E-state index in [1.54, 1.807) is 30.3 Å². The third-order valence-corrected chi connectivity index (χ3v) is 5.59. The van der Waals surface area contributed by atoms with Gasteiger partial charge in [-0.2, -0.15) is 0 Å². The largest absolute Gasteiger partial charge is 0.480 e. The lowest BCUT2D eigenvalue weighted by molar-refractivity contribution is -0.142. The van der Waals surface area contributed by atoms with Gasteiger partial charge in [0, 0.05) is 19.3 Å². The molecule has 4 atom stereocenters. The second-order valence-electron chi connectivity index (χ2n) is 9.46. The van der Waals surface area contributed by atoms with Crippen molar-refractivity contribution < 1.29 is 33.9 Å². The number of hydrogen-bond donors (Lipinski definition) is 7. The Morgan fingerprint density at radius 3 is 1.79 bits per heavy atom. The molecule has 13 nitrogen and oxygen atoms in total. The Hall–Kier alpha value is -4.00. The van der Waals surface area contributed by atoms with E-state index in [0.717, 1.165) is 5.56 Å². The van der Waals surface area contributed by atoms with Gasteiger partial charge >= 0.3 is 5.97 Å². The van der Waals surface area contributed by atoms with Crippen LogP contribution >= 0.6 is 0 Å². The van der Waals surface area contributed by atoms with Gasteiger partial charge in [0.2, 0.25) is 29.5 Å². The molecule has 0 heterocycles. The van der Waals surface area contributed by atoms with Crippen LogP contribution in [0.3, 0.4) is 0 Å². The number of nitrogens with one attached hydrogen (secondary N) is 3. The number of carbonyl (C=O) groups excluding carboxylic acids is 5. The SMILES string of the molecule is CC(C)CC(NC(=O)C(Cc1ccccc1)NC(=O)C(N)CCC(N)=O)C(=O)NC(CCC(N)=O)C(=O)O. The molecule has 10 N–H and O–H groups in total. The van der Waals surface area contributed by atoms with E-state index in [9.17, 15) is 33.9 Å². The maximum atomic E-state index is 13.3. The molecule has 0 aromatic heterocycles. The summed E-state index contributed by atoms with van der Waals surface area (Å²) in [4.78, 5) is 72.6. The molecule has 0 aliphatic heterocycles. The van der Waals surface area contributed by atoms with Crippen molar-refractivity contribution >= 4 is 35.5 Å². The number of benzene rings is 1. The van der Waals surface area contributed by atoms with E-state index < -0.39 is 59.7 Å². The number of carboxylic acids is 1. The summed E-state index contributed by atoms with van der Waals surface area (Å²) in [6.45, 7) is 3.63. The second kappa shape index (κ2) is 16.0. The Labute approximate surface area is 221 Å². The first-order valence-corrected chi connectivity index (χ1v) is 12.3. The number of carbonyl (C=O) groups is 6. The zero-order valence-corrected chi connectivity index (χ0v) is 21.6. The van der Waals surface area contributed by atoms with E-state index in [-0.39, 0.29) is 44.4 Å². The highest BCUT2D eigenvalue weighted by Gasteiger charge is 2.31. The highest BCUT2D eigenvalue weighted by molar-refractivity contribution is 5.94. The first kappa shape index (κ1) is 32.0. The van der Waals surface area contributed by atoms with Crippen LogP contribution in [0.15, 0.2) is 30.3 Å². The molecule has 0 aliphatic carbocycles. The average molecular weight is 535 g/mol. The molecule has 1 aromatic carbocycles. The smallest absolute Gasteiger partial charge is 0.326 e. The van der Waals surface area contributed by atoms with Crippen LogP contribution in [0, 0.1) is 5.92 Å². The van der Waals surface area contributed by atoms with Crippen LogP contribution in [0.25, 0.3) is 0 Å². The Kier molecular flexibility index (Phi) is 13.5. The zero-order valence-electron chi connectivity index (χ0n) is 21.6. The van der Waals surface area contributed by atoms with Crippen molar-refractivity contribution in [2.75, 3.05) is 0 Å². The minimum Gasteiger partial charge on any atom is -0.480 e. The number of primary amides is 2. The Bertz CT molecular complexity index is 986. The van der Waals surface area contributed by atoms with Gasteiger partial charge in [0.25, 0.3) is 0 Å². The third kappa shape index (κ3) is 12.3. The molecule has 1 aromatic rings. The molecule has 0 radical (unpaired) electrons.